The first kappa shape index (κ1) is 26.4. The molecule has 0 spiro atoms. The molecule has 17 nitrogen and oxygen atoms in total. The van der Waals surface area contributed by atoms with Crippen LogP contribution in [0.1, 0.15) is 12.1 Å². The Labute approximate surface area is 187 Å². The summed E-state index contributed by atoms with van der Waals surface area (Å²) in [6.07, 6.45) is -1.92. The van der Waals surface area contributed by atoms with Gasteiger partial charge in [0, 0.05) is 12.9 Å². The lowest BCUT2D eigenvalue weighted by molar-refractivity contribution is -0.0428. The maximum absolute atomic E-state index is 11.9. The van der Waals surface area contributed by atoms with Crippen molar-refractivity contribution in [3.05, 3.63) is 12.2 Å². The number of fused-ring (bicyclic) bond motifs is 1. The molecule has 21 heteroatoms. The number of nitrogens with one attached hydrogen (secondary N) is 1. The molecule has 0 aliphatic carbocycles. The highest BCUT2D eigenvalue weighted by Crippen LogP contribution is 2.66. The molecule has 6 N–H and O–H groups in total. The number of aryl methyl sites for hydroxylation is 1. The summed E-state index contributed by atoms with van der Waals surface area (Å²) in [5.41, 5.74) is 0.865. The second-order valence-corrected chi connectivity index (χ2v) is 11.4. The number of hydrogen-bond acceptors (Lipinski definition) is 12. The Bertz CT molecular complexity index is 1170. The predicted molar refractivity (Wildman–Crippen MR) is 112 cm³/mol. The van der Waals surface area contributed by atoms with Gasteiger partial charge in [-0.25, -0.2) is 28.6 Å². The third-order valence-electron chi connectivity index (χ3n) is 4.65. The number of aromatic nitrogens is 4. The van der Waals surface area contributed by atoms with Crippen molar-refractivity contribution in [3.63, 3.8) is 0 Å². The summed E-state index contributed by atoms with van der Waals surface area (Å²) in [5, 5.41) is 13.4. The van der Waals surface area contributed by atoms with Gasteiger partial charge < -0.3 is 34.7 Å². The maximum Gasteiger partial charge on any atom is 0.490 e. The van der Waals surface area contributed by atoms with Crippen molar-refractivity contribution in [1.82, 2.24) is 19.5 Å². The molecule has 0 aromatic carbocycles. The molecule has 6 atom stereocenters. The number of aliphatic hydroxyl groups is 1. The Morgan fingerprint density at radius 1 is 1.18 bits per heavy atom. The molecule has 33 heavy (non-hydrogen) atoms. The van der Waals surface area contributed by atoms with Gasteiger partial charge in [-0.2, -0.15) is 8.62 Å². The van der Waals surface area contributed by atoms with Crippen molar-refractivity contribution in [2.75, 3.05) is 19.0 Å². The Morgan fingerprint density at radius 3 is 2.45 bits per heavy atom. The van der Waals surface area contributed by atoms with E-state index in [0.717, 1.165) is 0 Å². The summed E-state index contributed by atoms with van der Waals surface area (Å²) < 4.78 is 53.3. The first-order valence-electron chi connectivity index (χ1n) is 9.13. The number of phosphoric acid groups is 3. The van der Waals surface area contributed by atoms with Gasteiger partial charge in [0.1, 0.15) is 32.3 Å². The first-order chi connectivity index (χ1) is 15.1. The van der Waals surface area contributed by atoms with Gasteiger partial charge in [-0.05, 0) is 6.92 Å². The lowest BCUT2D eigenvalue weighted by atomic mass is 9.81. The molecular formula is C12H21BN5O12P3. The van der Waals surface area contributed by atoms with Crippen molar-refractivity contribution in [2.45, 2.75) is 31.2 Å². The van der Waals surface area contributed by atoms with Gasteiger partial charge in [0.25, 0.3) is 0 Å². The zero-order valence-electron chi connectivity index (χ0n) is 17.3. The number of hydrogen-bond donors (Lipinski definition) is 6. The van der Waals surface area contributed by atoms with Crippen LogP contribution in [0.4, 0.5) is 5.82 Å². The normalized spacial score (nSPS) is 27.4. The van der Waals surface area contributed by atoms with Crippen LogP contribution in [0.5, 0.6) is 0 Å². The van der Waals surface area contributed by atoms with Crippen LogP contribution in [-0.4, -0.2) is 77.9 Å². The number of ether oxygens (including phenoxy) is 1. The molecule has 3 heterocycles. The molecule has 1 fully saturated rings. The Morgan fingerprint density at radius 2 is 1.85 bits per heavy atom. The van der Waals surface area contributed by atoms with E-state index in [0.29, 0.717) is 22.8 Å². The monoisotopic (exact) mass is 531 g/mol. The van der Waals surface area contributed by atoms with Crippen LogP contribution in [-0.2, 0) is 31.6 Å². The van der Waals surface area contributed by atoms with Crippen molar-refractivity contribution in [1.29, 1.82) is 0 Å². The largest absolute Gasteiger partial charge is 0.490 e. The van der Waals surface area contributed by atoms with Crippen LogP contribution in [0.25, 0.3) is 11.2 Å². The molecule has 0 bridgehead atoms. The summed E-state index contributed by atoms with van der Waals surface area (Å²) in [6.45, 7) is 0.900. The highest BCUT2D eigenvalue weighted by Gasteiger charge is 2.46. The minimum atomic E-state index is -5.65. The molecule has 0 saturated carbocycles. The minimum Gasteiger partial charge on any atom is -0.391 e. The minimum absolute atomic E-state index is 0.407. The molecular weight excluding hydrogens is 510 g/mol. The zero-order chi connectivity index (χ0) is 24.8. The molecule has 1 aliphatic rings. The van der Waals surface area contributed by atoms with Crippen LogP contribution < -0.4 is 5.32 Å². The fourth-order valence-corrected chi connectivity index (χ4v) is 6.33. The second kappa shape index (κ2) is 9.42. The van der Waals surface area contributed by atoms with Crippen molar-refractivity contribution < 1.29 is 56.3 Å². The third-order valence-corrected chi connectivity index (χ3v) is 8.45. The van der Waals surface area contributed by atoms with Crippen LogP contribution in [0.3, 0.4) is 0 Å². The van der Waals surface area contributed by atoms with E-state index in [-0.39, 0.29) is 0 Å². The van der Waals surface area contributed by atoms with Crippen LogP contribution in [0.15, 0.2) is 6.33 Å². The topological polar surface area (TPSA) is 245 Å². The highest BCUT2D eigenvalue weighted by atomic mass is 31.3. The molecule has 1 aliphatic heterocycles. The Hall–Kier alpha value is -1.26. The van der Waals surface area contributed by atoms with Crippen LogP contribution in [0.2, 0.25) is 5.82 Å². The average Bonchev–Trinajstić information content (AvgIpc) is 3.13. The summed E-state index contributed by atoms with van der Waals surface area (Å²) in [6, 6.07) is 0. The van der Waals surface area contributed by atoms with Crippen molar-refractivity contribution in [3.8, 4) is 0 Å². The number of rotatable bonds is 9. The zero-order valence-corrected chi connectivity index (χ0v) is 20.0. The number of phosphoric ester groups is 1. The number of imidazole rings is 1. The molecule has 0 amide bonds. The van der Waals surface area contributed by atoms with Crippen LogP contribution in [0, 0.1) is 6.92 Å². The summed E-state index contributed by atoms with van der Waals surface area (Å²) in [5.74, 6) is 0.375. The Balaban J connectivity index is 1.75. The molecule has 0 radical (unpaired) electrons. The molecule has 6 unspecified atom stereocenters. The van der Waals surface area contributed by atoms with E-state index in [1.165, 1.54) is 6.33 Å². The smallest absolute Gasteiger partial charge is 0.391 e. The molecule has 2 aromatic rings. The SMILES string of the molecule is BC1C(O)C(COP(=O)(O)OP(=O)(O)OP(=O)(O)O)OC1n1c(C)nc2c(NC)ncnc21. The van der Waals surface area contributed by atoms with Gasteiger partial charge in [0.05, 0.1) is 12.7 Å². The predicted octanol–water partition coefficient (Wildman–Crippen LogP) is -0.800. The van der Waals surface area contributed by atoms with Gasteiger partial charge in [0.2, 0.25) is 0 Å². The van der Waals surface area contributed by atoms with E-state index in [1.54, 1.807) is 26.4 Å². The van der Waals surface area contributed by atoms with Gasteiger partial charge in [-0.15, -0.1) is 0 Å². The van der Waals surface area contributed by atoms with E-state index in [2.05, 4.69) is 33.4 Å². The summed E-state index contributed by atoms with van der Waals surface area (Å²) in [4.78, 5) is 48.6. The van der Waals surface area contributed by atoms with E-state index in [1.807, 2.05) is 0 Å². The molecule has 184 valence electrons. The second-order valence-electron chi connectivity index (χ2n) is 6.98. The number of aliphatic hydroxyl groups excluding tert-OH is 1. The fourth-order valence-electron chi connectivity index (χ4n) is 3.30. The summed E-state index contributed by atoms with van der Waals surface area (Å²) >= 11 is 0. The average molecular weight is 531 g/mol. The van der Waals surface area contributed by atoms with Gasteiger partial charge in [-0.1, -0.05) is 0 Å². The lowest BCUT2D eigenvalue weighted by Crippen LogP contribution is -2.28. The summed E-state index contributed by atoms with van der Waals surface area (Å²) in [7, 11) is -13.2. The third kappa shape index (κ3) is 6.06. The van der Waals surface area contributed by atoms with E-state index in [9.17, 15) is 28.6 Å². The van der Waals surface area contributed by atoms with E-state index in [4.69, 9.17) is 14.5 Å². The molecule has 2 aromatic heterocycles. The Kier molecular flexibility index (Phi) is 7.52. The highest BCUT2D eigenvalue weighted by molar-refractivity contribution is 7.66. The first-order valence-corrected chi connectivity index (χ1v) is 13.7. The quantitative estimate of drug-likeness (QED) is 0.171. The molecule has 1 saturated heterocycles. The maximum atomic E-state index is 11.9. The number of nitrogens with zero attached hydrogens (tertiary/aromatic N) is 4. The van der Waals surface area contributed by atoms with Gasteiger partial charge in [0.15, 0.2) is 17.0 Å². The standard InChI is InChI=1S/C12H21BN5O12P3/c1-5-17-8-10(14-2)15-4-16-11(8)18(5)12-7(13)9(19)6(28-12)3-27-32(23,24)30-33(25,26)29-31(20,21)22/h4,6-7,9,12,19H,3,13H2,1-2H3,(H,23,24)(H,25,26)(H,14,15,16)(H2,20,21,22). The van der Waals surface area contributed by atoms with E-state index >= 15 is 0 Å². The fraction of sp³-hybridized carbons (Fsp3) is 0.583. The van der Waals surface area contributed by atoms with Crippen molar-refractivity contribution >= 4 is 48.3 Å². The van der Waals surface area contributed by atoms with Gasteiger partial charge in [-0.3, -0.25) is 9.09 Å². The molecule has 3 rings (SSSR count). The van der Waals surface area contributed by atoms with Crippen molar-refractivity contribution in [2.24, 2.45) is 0 Å². The van der Waals surface area contributed by atoms with Gasteiger partial charge >= 0.3 is 23.5 Å². The number of anilines is 1. The lowest BCUT2D eigenvalue weighted by Gasteiger charge is -2.20. The van der Waals surface area contributed by atoms with E-state index < -0.39 is 54.3 Å². The van der Waals surface area contributed by atoms with Crippen LogP contribution >= 0.6 is 23.5 Å².